The van der Waals surface area contributed by atoms with Gasteiger partial charge in [0.2, 0.25) is 0 Å². The Kier molecular flexibility index (Phi) is 3.49. The predicted molar refractivity (Wildman–Crippen MR) is 68.3 cm³/mol. The number of nitrogens with zero attached hydrogens (tertiary/aromatic N) is 1. The van der Waals surface area contributed by atoms with Crippen molar-refractivity contribution in [3.05, 3.63) is 59.2 Å². The molecule has 0 atom stereocenters. The fourth-order valence-electron chi connectivity index (χ4n) is 1.71. The normalized spacial score (nSPS) is 9.78. The number of phenols is 1. The van der Waals surface area contributed by atoms with Crippen molar-refractivity contribution in [3.8, 4) is 17.6 Å². The van der Waals surface area contributed by atoms with Crippen molar-refractivity contribution in [3.63, 3.8) is 0 Å². The van der Waals surface area contributed by atoms with E-state index in [9.17, 15) is 5.11 Å². The number of aromatic hydroxyl groups is 1. The third-order valence-corrected chi connectivity index (χ3v) is 2.73. The van der Waals surface area contributed by atoms with Crippen LogP contribution in [0.25, 0.3) is 0 Å². The molecule has 0 aliphatic heterocycles. The molecule has 3 nitrogen and oxygen atoms in total. The molecule has 1 N–H and O–H groups in total. The first-order valence-corrected chi connectivity index (χ1v) is 5.61. The Morgan fingerprint density at radius 3 is 2.56 bits per heavy atom. The van der Waals surface area contributed by atoms with Gasteiger partial charge < -0.3 is 9.84 Å². The first-order chi connectivity index (χ1) is 8.72. The minimum absolute atomic E-state index is 0.0578. The van der Waals surface area contributed by atoms with Gasteiger partial charge in [0.1, 0.15) is 6.61 Å². The van der Waals surface area contributed by atoms with E-state index in [-0.39, 0.29) is 5.75 Å². The number of benzene rings is 2. The third-order valence-electron chi connectivity index (χ3n) is 2.73. The van der Waals surface area contributed by atoms with Crippen LogP contribution in [0.1, 0.15) is 16.7 Å². The number of rotatable bonds is 3. The van der Waals surface area contributed by atoms with Crippen LogP contribution in [-0.4, -0.2) is 5.11 Å². The van der Waals surface area contributed by atoms with Gasteiger partial charge in [-0.05, 0) is 24.6 Å². The summed E-state index contributed by atoms with van der Waals surface area (Å²) in [6.45, 7) is 2.13. The lowest BCUT2D eigenvalue weighted by molar-refractivity contribution is 0.287. The van der Waals surface area contributed by atoms with Gasteiger partial charge in [0.15, 0.2) is 11.5 Å². The zero-order chi connectivity index (χ0) is 13.0. The molecular formula is C15H13NO2. The molecule has 0 aromatic heterocycles. The van der Waals surface area contributed by atoms with Crippen LogP contribution in [0.4, 0.5) is 0 Å². The smallest absolute Gasteiger partial charge is 0.165 e. The molecule has 0 heterocycles. The molecule has 2 aromatic rings. The van der Waals surface area contributed by atoms with E-state index >= 15 is 0 Å². The second kappa shape index (κ2) is 5.24. The van der Waals surface area contributed by atoms with Crippen LogP contribution < -0.4 is 4.74 Å². The molecule has 0 bridgehead atoms. The summed E-state index contributed by atoms with van der Waals surface area (Å²) >= 11 is 0. The highest BCUT2D eigenvalue weighted by atomic mass is 16.5. The molecular weight excluding hydrogens is 226 g/mol. The second-order valence-electron chi connectivity index (χ2n) is 3.97. The first-order valence-electron chi connectivity index (χ1n) is 5.61. The van der Waals surface area contributed by atoms with E-state index in [1.54, 1.807) is 13.0 Å². The summed E-state index contributed by atoms with van der Waals surface area (Å²) in [7, 11) is 0. The Labute approximate surface area is 106 Å². The lowest BCUT2D eigenvalue weighted by Gasteiger charge is -2.11. The zero-order valence-electron chi connectivity index (χ0n) is 10.1. The molecule has 2 aromatic carbocycles. The fourth-order valence-corrected chi connectivity index (χ4v) is 1.71. The van der Waals surface area contributed by atoms with E-state index in [1.807, 2.05) is 30.3 Å². The summed E-state index contributed by atoms with van der Waals surface area (Å²) in [5.41, 5.74) is 2.18. The number of ether oxygens (including phenoxy) is 1. The topological polar surface area (TPSA) is 53.2 Å². The van der Waals surface area contributed by atoms with Crippen molar-refractivity contribution in [2.24, 2.45) is 0 Å². The van der Waals surface area contributed by atoms with Crippen LogP contribution in [0.5, 0.6) is 11.5 Å². The minimum Gasteiger partial charge on any atom is -0.504 e. The first kappa shape index (κ1) is 12.0. The minimum atomic E-state index is 0.0578. The molecule has 0 spiro atoms. The lowest BCUT2D eigenvalue weighted by Crippen LogP contribution is -1.98. The lowest BCUT2D eigenvalue weighted by atomic mass is 10.1. The van der Waals surface area contributed by atoms with E-state index < -0.39 is 0 Å². The maximum atomic E-state index is 9.75. The van der Waals surface area contributed by atoms with Crippen LogP contribution in [-0.2, 0) is 6.61 Å². The van der Waals surface area contributed by atoms with Gasteiger partial charge in [-0.1, -0.05) is 30.3 Å². The molecule has 0 aliphatic carbocycles. The molecule has 0 saturated carbocycles. The highest BCUT2D eigenvalue weighted by Gasteiger charge is 2.10. The van der Waals surface area contributed by atoms with E-state index in [1.165, 1.54) is 6.07 Å². The van der Waals surface area contributed by atoms with Crippen molar-refractivity contribution in [1.82, 2.24) is 0 Å². The maximum Gasteiger partial charge on any atom is 0.165 e. The molecule has 2 rings (SSSR count). The summed E-state index contributed by atoms with van der Waals surface area (Å²) in [6, 6.07) is 14.8. The Hall–Kier alpha value is -2.47. The van der Waals surface area contributed by atoms with Gasteiger partial charge in [-0.2, -0.15) is 5.26 Å². The van der Waals surface area contributed by atoms with Crippen LogP contribution >= 0.6 is 0 Å². The number of phenolic OH excluding ortho intramolecular Hbond substituents is 1. The largest absolute Gasteiger partial charge is 0.504 e. The molecule has 0 amide bonds. The highest BCUT2D eigenvalue weighted by molar-refractivity contribution is 5.53. The Bertz CT molecular complexity index is 585. The van der Waals surface area contributed by atoms with Crippen molar-refractivity contribution in [1.29, 1.82) is 5.26 Å². The summed E-state index contributed by atoms with van der Waals surface area (Å²) in [5, 5.41) is 18.7. The van der Waals surface area contributed by atoms with Crippen molar-refractivity contribution in [2.45, 2.75) is 13.5 Å². The van der Waals surface area contributed by atoms with Gasteiger partial charge in [-0.15, -0.1) is 0 Å². The van der Waals surface area contributed by atoms with Gasteiger partial charge in [-0.25, -0.2) is 0 Å². The second-order valence-corrected chi connectivity index (χ2v) is 3.97. The highest BCUT2D eigenvalue weighted by Crippen LogP contribution is 2.32. The molecule has 0 radical (unpaired) electrons. The molecule has 0 saturated heterocycles. The number of hydrogen-bond donors (Lipinski definition) is 1. The van der Waals surface area contributed by atoms with Gasteiger partial charge in [0, 0.05) is 5.56 Å². The Morgan fingerprint density at radius 1 is 1.17 bits per heavy atom. The van der Waals surface area contributed by atoms with Gasteiger partial charge in [0.05, 0.1) is 11.6 Å². The summed E-state index contributed by atoms with van der Waals surface area (Å²) < 4.78 is 5.60. The van der Waals surface area contributed by atoms with Gasteiger partial charge >= 0.3 is 0 Å². The molecule has 0 aliphatic rings. The molecule has 3 heteroatoms. The molecule has 0 unspecified atom stereocenters. The van der Waals surface area contributed by atoms with Gasteiger partial charge in [0.25, 0.3) is 0 Å². The average molecular weight is 239 g/mol. The fraction of sp³-hybridized carbons (Fsp3) is 0.133. The Balaban J connectivity index is 2.22. The third kappa shape index (κ3) is 2.44. The van der Waals surface area contributed by atoms with Crippen molar-refractivity contribution >= 4 is 0 Å². The van der Waals surface area contributed by atoms with Crippen LogP contribution in [0.15, 0.2) is 42.5 Å². The van der Waals surface area contributed by atoms with Crippen LogP contribution in [0, 0.1) is 18.3 Å². The van der Waals surface area contributed by atoms with Crippen molar-refractivity contribution < 1.29 is 9.84 Å². The Morgan fingerprint density at radius 2 is 1.89 bits per heavy atom. The monoisotopic (exact) mass is 239 g/mol. The summed E-state index contributed by atoms with van der Waals surface area (Å²) in [6.07, 6.45) is 0. The van der Waals surface area contributed by atoms with E-state index in [0.717, 1.165) is 5.56 Å². The van der Waals surface area contributed by atoms with E-state index in [2.05, 4.69) is 6.07 Å². The summed E-state index contributed by atoms with van der Waals surface area (Å²) in [4.78, 5) is 0. The van der Waals surface area contributed by atoms with E-state index in [4.69, 9.17) is 10.00 Å². The standard InChI is InChI=1S/C15H13NO2/c1-11-13(9-16)7-8-14(17)15(11)18-10-12-5-3-2-4-6-12/h2-8,17H,10H2,1H3. The van der Waals surface area contributed by atoms with Crippen molar-refractivity contribution in [2.75, 3.05) is 0 Å². The summed E-state index contributed by atoms with van der Waals surface area (Å²) in [5.74, 6) is 0.431. The predicted octanol–water partition coefficient (Wildman–Crippen LogP) is 3.15. The van der Waals surface area contributed by atoms with Crippen LogP contribution in [0.2, 0.25) is 0 Å². The van der Waals surface area contributed by atoms with Crippen LogP contribution in [0.3, 0.4) is 0 Å². The van der Waals surface area contributed by atoms with Gasteiger partial charge in [-0.3, -0.25) is 0 Å². The molecule has 90 valence electrons. The quantitative estimate of drug-likeness (QED) is 0.895. The average Bonchev–Trinajstić information content (AvgIpc) is 2.40. The SMILES string of the molecule is Cc1c(C#N)ccc(O)c1OCc1ccccc1. The maximum absolute atomic E-state index is 9.75. The zero-order valence-corrected chi connectivity index (χ0v) is 10.1. The molecule has 18 heavy (non-hydrogen) atoms. The van der Waals surface area contributed by atoms with E-state index in [0.29, 0.717) is 23.5 Å². The number of nitriles is 1. The molecule has 0 fully saturated rings. The number of hydrogen-bond acceptors (Lipinski definition) is 3.